The van der Waals surface area contributed by atoms with Crippen molar-refractivity contribution in [3.8, 4) is 11.5 Å². The Morgan fingerprint density at radius 1 is 1.17 bits per heavy atom. The lowest BCUT2D eigenvalue weighted by Crippen LogP contribution is -2.46. The second kappa shape index (κ2) is 7.34. The zero-order valence-electron chi connectivity index (χ0n) is 14.1. The Balaban J connectivity index is 1.57. The maximum Gasteiger partial charge on any atom is 0.289 e. The van der Waals surface area contributed by atoms with E-state index in [1.165, 1.54) is 5.56 Å². The molecule has 1 atom stereocenters. The Labute approximate surface area is 142 Å². The van der Waals surface area contributed by atoms with E-state index in [9.17, 15) is 4.79 Å². The predicted molar refractivity (Wildman–Crippen MR) is 89.8 cm³/mol. The zero-order valence-corrected chi connectivity index (χ0v) is 14.1. The van der Waals surface area contributed by atoms with Gasteiger partial charge in [0.05, 0.1) is 0 Å². The topological polar surface area (TPSA) is 51.4 Å². The fourth-order valence-electron chi connectivity index (χ4n) is 2.71. The van der Waals surface area contributed by atoms with E-state index in [-0.39, 0.29) is 18.7 Å². The Bertz CT molecular complexity index is 713. The van der Waals surface area contributed by atoms with E-state index < -0.39 is 0 Å². The summed E-state index contributed by atoms with van der Waals surface area (Å²) in [6.07, 6.45) is 6.12. The van der Waals surface area contributed by atoms with Crippen LogP contribution in [-0.2, 0) is 17.8 Å². The van der Waals surface area contributed by atoms with Gasteiger partial charge in [-0.2, -0.15) is 4.57 Å². The molecule has 0 fully saturated rings. The minimum atomic E-state index is -0.255. The number of pyridine rings is 1. The highest BCUT2D eigenvalue weighted by atomic mass is 16.7. The monoisotopic (exact) mass is 327 g/mol. The van der Waals surface area contributed by atoms with Gasteiger partial charge in [0.2, 0.25) is 12.8 Å². The van der Waals surface area contributed by atoms with Crippen LogP contribution in [0.2, 0.25) is 0 Å². The van der Waals surface area contributed by atoms with Crippen LogP contribution >= 0.6 is 0 Å². The van der Waals surface area contributed by atoms with Crippen molar-refractivity contribution in [1.82, 2.24) is 5.32 Å². The third-order valence-corrected chi connectivity index (χ3v) is 4.19. The lowest BCUT2D eigenvalue weighted by Gasteiger charge is -2.09. The number of hydrogen-bond donors (Lipinski definition) is 1. The first kappa shape index (κ1) is 16.3. The number of hydrogen-bond acceptors (Lipinski definition) is 3. The summed E-state index contributed by atoms with van der Waals surface area (Å²) in [6.45, 7) is 4.78. The van der Waals surface area contributed by atoms with Crippen molar-refractivity contribution in [2.24, 2.45) is 0 Å². The average molecular weight is 327 g/mol. The van der Waals surface area contributed by atoms with Gasteiger partial charge < -0.3 is 14.8 Å². The van der Waals surface area contributed by atoms with Gasteiger partial charge in [-0.1, -0.05) is 19.4 Å². The van der Waals surface area contributed by atoms with E-state index >= 15 is 0 Å². The van der Waals surface area contributed by atoms with Gasteiger partial charge in [0.15, 0.2) is 23.9 Å². The largest absolute Gasteiger partial charge is 0.454 e. The molecular formula is C19H23N2O3+. The molecule has 5 nitrogen and oxygen atoms in total. The molecule has 1 amide bonds. The molecule has 1 aliphatic heterocycles. The highest BCUT2D eigenvalue weighted by Crippen LogP contribution is 2.32. The Morgan fingerprint density at radius 2 is 1.92 bits per heavy atom. The average Bonchev–Trinajstić information content (AvgIpc) is 3.07. The lowest BCUT2D eigenvalue weighted by molar-refractivity contribution is -0.706. The highest BCUT2D eigenvalue weighted by Gasteiger charge is 2.21. The van der Waals surface area contributed by atoms with Gasteiger partial charge in [0.25, 0.3) is 5.91 Å². The minimum Gasteiger partial charge on any atom is -0.454 e. The molecule has 5 heteroatoms. The molecule has 24 heavy (non-hydrogen) atoms. The molecule has 2 heterocycles. The number of benzene rings is 1. The Kier molecular flexibility index (Phi) is 4.99. The quantitative estimate of drug-likeness (QED) is 0.830. The van der Waals surface area contributed by atoms with Gasteiger partial charge in [-0.15, -0.1) is 0 Å². The molecule has 0 unspecified atom stereocenters. The first-order valence-corrected chi connectivity index (χ1v) is 8.33. The van der Waals surface area contributed by atoms with Gasteiger partial charge in [0, 0.05) is 25.6 Å². The van der Waals surface area contributed by atoms with Gasteiger partial charge in [0.1, 0.15) is 0 Å². The van der Waals surface area contributed by atoms with Crippen LogP contribution in [0, 0.1) is 0 Å². The molecule has 1 aromatic carbocycles. The number of nitrogens with one attached hydrogen (secondary N) is 1. The van der Waals surface area contributed by atoms with E-state index in [2.05, 4.69) is 24.4 Å². The summed E-state index contributed by atoms with van der Waals surface area (Å²) >= 11 is 0. The van der Waals surface area contributed by atoms with Crippen LogP contribution < -0.4 is 19.4 Å². The maximum atomic E-state index is 12.4. The van der Waals surface area contributed by atoms with E-state index in [4.69, 9.17) is 9.47 Å². The number of aryl methyl sites for hydroxylation is 1. The van der Waals surface area contributed by atoms with Gasteiger partial charge in [-0.25, -0.2) is 0 Å². The lowest BCUT2D eigenvalue weighted by atomic mass is 10.1. The third-order valence-electron chi connectivity index (χ3n) is 4.19. The summed E-state index contributed by atoms with van der Waals surface area (Å²) in [6, 6.07) is 9.60. The standard InChI is InChI=1S/C19H22N2O3/c1-3-4-15-7-9-21(10-8-15)14(2)19(22)20-12-16-5-6-17-18(11-16)24-13-23-17/h5-11,14H,3-4,12-13H2,1-2H3/p+1/t14-/m1/s1. The summed E-state index contributed by atoms with van der Waals surface area (Å²) in [5, 5.41) is 2.97. The van der Waals surface area contributed by atoms with Crippen LogP contribution in [0.4, 0.5) is 0 Å². The van der Waals surface area contributed by atoms with Gasteiger partial charge >= 0.3 is 0 Å². The van der Waals surface area contributed by atoms with Crippen LogP contribution in [0.25, 0.3) is 0 Å². The molecule has 0 saturated heterocycles. The normalized spacial score (nSPS) is 13.6. The molecular weight excluding hydrogens is 304 g/mol. The van der Waals surface area contributed by atoms with E-state index in [1.54, 1.807) is 0 Å². The summed E-state index contributed by atoms with van der Waals surface area (Å²) < 4.78 is 12.6. The highest BCUT2D eigenvalue weighted by molar-refractivity contribution is 5.78. The molecule has 1 aromatic heterocycles. The Morgan fingerprint density at radius 3 is 2.67 bits per heavy atom. The van der Waals surface area contributed by atoms with Crippen molar-refractivity contribution >= 4 is 5.91 Å². The summed E-state index contributed by atoms with van der Waals surface area (Å²) in [4.78, 5) is 12.4. The molecule has 0 radical (unpaired) electrons. The van der Waals surface area contributed by atoms with E-state index in [0.717, 1.165) is 29.9 Å². The maximum absolute atomic E-state index is 12.4. The van der Waals surface area contributed by atoms with Gasteiger partial charge in [-0.3, -0.25) is 4.79 Å². The summed E-state index contributed by atoms with van der Waals surface area (Å²) in [7, 11) is 0. The summed E-state index contributed by atoms with van der Waals surface area (Å²) in [5.74, 6) is 1.47. The zero-order chi connectivity index (χ0) is 16.9. The number of carbonyl (C=O) groups is 1. The van der Waals surface area contributed by atoms with Crippen molar-refractivity contribution in [2.75, 3.05) is 6.79 Å². The fourth-order valence-corrected chi connectivity index (χ4v) is 2.71. The number of nitrogens with zero attached hydrogens (tertiary/aromatic N) is 1. The Hall–Kier alpha value is -2.56. The third kappa shape index (κ3) is 3.67. The van der Waals surface area contributed by atoms with Crippen molar-refractivity contribution in [3.05, 3.63) is 53.9 Å². The number of ether oxygens (including phenoxy) is 2. The molecule has 1 aliphatic rings. The van der Waals surface area contributed by atoms with E-state index in [1.807, 2.05) is 42.1 Å². The van der Waals surface area contributed by atoms with Crippen LogP contribution in [0.5, 0.6) is 11.5 Å². The van der Waals surface area contributed by atoms with Crippen molar-refractivity contribution in [2.45, 2.75) is 39.3 Å². The molecule has 0 aliphatic carbocycles. The molecule has 2 aromatic rings. The molecule has 0 saturated carbocycles. The summed E-state index contributed by atoms with van der Waals surface area (Å²) in [5.41, 5.74) is 2.28. The van der Waals surface area contributed by atoms with E-state index in [0.29, 0.717) is 6.54 Å². The van der Waals surface area contributed by atoms with Crippen molar-refractivity contribution in [3.63, 3.8) is 0 Å². The molecule has 3 rings (SSSR count). The van der Waals surface area contributed by atoms with Crippen LogP contribution in [0.3, 0.4) is 0 Å². The van der Waals surface area contributed by atoms with Crippen molar-refractivity contribution < 1.29 is 18.8 Å². The number of amides is 1. The minimum absolute atomic E-state index is 0.0130. The van der Waals surface area contributed by atoms with Crippen LogP contribution in [0.15, 0.2) is 42.7 Å². The molecule has 0 spiro atoms. The SMILES string of the molecule is CCCc1cc[n+]([C@H](C)C(=O)NCc2ccc3c(c2)OCO3)cc1. The second-order valence-corrected chi connectivity index (χ2v) is 5.98. The molecule has 1 N–H and O–H groups in total. The smallest absolute Gasteiger partial charge is 0.289 e. The van der Waals surface area contributed by atoms with Crippen molar-refractivity contribution in [1.29, 1.82) is 0 Å². The number of fused-ring (bicyclic) bond motifs is 1. The predicted octanol–water partition coefficient (Wildman–Crippen LogP) is 2.53. The fraction of sp³-hybridized carbons (Fsp3) is 0.368. The number of rotatable bonds is 6. The number of aromatic nitrogens is 1. The molecule has 0 bridgehead atoms. The van der Waals surface area contributed by atoms with Gasteiger partial charge in [-0.05, 0) is 29.7 Å². The first-order valence-electron chi connectivity index (χ1n) is 8.33. The van der Waals surface area contributed by atoms with Crippen LogP contribution in [0.1, 0.15) is 37.4 Å². The second-order valence-electron chi connectivity index (χ2n) is 5.98. The number of carbonyl (C=O) groups excluding carboxylic acids is 1. The first-order chi connectivity index (χ1) is 11.7. The van der Waals surface area contributed by atoms with Crippen LogP contribution in [-0.4, -0.2) is 12.7 Å². The molecule has 126 valence electrons.